The summed E-state index contributed by atoms with van der Waals surface area (Å²) in [4.78, 5) is 26.3. The van der Waals surface area contributed by atoms with Crippen LogP contribution >= 0.6 is 11.6 Å². The van der Waals surface area contributed by atoms with E-state index in [-0.39, 0.29) is 17.4 Å². The molecule has 9 nitrogen and oxygen atoms in total. The van der Waals surface area contributed by atoms with E-state index in [2.05, 4.69) is 37.3 Å². The number of hydrogen-bond donors (Lipinski definition) is 3. The van der Waals surface area contributed by atoms with E-state index < -0.39 is 0 Å². The average Bonchev–Trinajstić information content (AvgIpc) is 2.99. The summed E-state index contributed by atoms with van der Waals surface area (Å²) in [7, 11) is 1.85. The molecule has 0 aromatic carbocycles. The zero-order chi connectivity index (χ0) is 20.2. The van der Waals surface area contributed by atoms with E-state index in [9.17, 15) is 4.79 Å². The second-order valence-electron chi connectivity index (χ2n) is 7.77. The lowest BCUT2D eigenvalue weighted by Gasteiger charge is -2.20. The molecule has 29 heavy (non-hydrogen) atoms. The van der Waals surface area contributed by atoms with Crippen LogP contribution in [0.4, 0.5) is 17.5 Å². The predicted octanol–water partition coefficient (Wildman–Crippen LogP) is 2.68. The Balaban J connectivity index is 1.48. The highest BCUT2D eigenvalue weighted by Gasteiger charge is 2.56. The molecule has 1 saturated heterocycles. The summed E-state index contributed by atoms with van der Waals surface area (Å²) in [6.45, 7) is 4.97. The van der Waals surface area contributed by atoms with Crippen LogP contribution in [0.1, 0.15) is 12.8 Å². The van der Waals surface area contributed by atoms with Crippen molar-refractivity contribution in [1.29, 1.82) is 0 Å². The summed E-state index contributed by atoms with van der Waals surface area (Å²) in [6, 6.07) is 0.0988. The van der Waals surface area contributed by atoms with Crippen LogP contribution in [0, 0.1) is 5.41 Å². The number of nitrogens with zero attached hydrogens (tertiary/aromatic N) is 5. The molecule has 150 valence electrons. The molecule has 1 atom stereocenters. The molecule has 5 rings (SSSR count). The first-order chi connectivity index (χ1) is 14.0. The lowest BCUT2D eigenvalue weighted by Crippen LogP contribution is -2.31. The third kappa shape index (κ3) is 3.11. The molecule has 1 amide bonds. The first-order valence-electron chi connectivity index (χ1n) is 9.46. The van der Waals surface area contributed by atoms with Crippen molar-refractivity contribution < 1.29 is 4.79 Å². The molecule has 0 radical (unpaired) electrons. The highest BCUT2D eigenvalue weighted by atomic mass is 35.5. The molecular formula is C19H21ClN8O. The lowest BCUT2D eigenvalue weighted by atomic mass is 10.0. The standard InChI is InChI=1S/C19H21ClN8O/c1-3-14(29)28-9-13(19(10-28)4-5-19)24-17-15-12(20)7-21-16(15)25-18(26-17)23-11-6-22-27(2)8-11/h3,6-8,13H,1,4-5,9-10H2,2H3,(H3,21,23,24,25,26). The number of carbonyl (C=O) groups is 1. The fraction of sp³-hybridized carbons (Fsp3) is 0.368. The summed E-state index contributed by atoms with van der Waals surface area (Å²) in [5.41, 5.74) is 1.52. The number of H-pyrrole nitrogens is 1. The molecule has 0 bridgehead atoms. The zero-order valence-electron chi connectivity index (χ0n) is 15.9. The van der Waals surface area contributed by atoms with Crippen molar-refractivity contribution in [2.24, 2.45) is 12.5 Å². The number of halogens is 1. The Labute approximate surface area is 172 Å². The van der Waals surface area contributed by atoms with Gasteiger partial charge in [-0.15, -0.1) is 0 Å². The van der Waals surface area contributed by atoms with Gasteiger partial charge in [0.15, 0.2) is 0 Å². The van der Waals surface area contributed by atoms with Gasteiger partial charge in [-0.05, 0) is 18.9 Å². The van der Waals surface area contributed by atoms with E-state index in [4.69, 9.17) is 11.6 Å². The van der Waals surface area contributed by atoms with E-state index in [1.54, 1.807) is 17.1 Å². The van der Waals surface area contributed by atoms with Gasteiger partial charge in [0.1, 0.15) is 11.5 Å². The van der Waals surface area contributed by atoms with E-state index in [0.29, 0.717) is 29.0 Å². The Morgan fingerprint density at radius 3 is 2.97 bits per heavy atom. The minimum absolute atomic E-state index is 0.0352. The largest absolute Gasteiger partial charge is 0.364 e. The van der Waals surface area contributed by atoms with Gasteiger partial charge in [0.2, 0.25) is 11.9 Å². The number of hydrogen-bond acceptors (Lipinski definition) is 6. The molecule has 1 spiro atoms. The van der Waals surface area contributed by atoms with E-state index in [0.717, 1.165) is 30.5 Å². The summed E-state index contributed by atoms with van der Waals surface area (Å²) < 4.78 is 1.70. The van der Waals surface area contributed by atoms with Crippen LogP contribution in [0.2, 0.25) is 5.02 Å². The molecule has 1 saturated carbocycles. The van der Waals surface area contributed by atoms with Gasteiger partial charge in [-0.25, -0.2) is 0 Å². The SMILES string of the molecule is C=CC(=O)N1CC(Nc2nc(Nc3cnn(C)c3)nc3[nH]cc(Cl)c23)C2(CC2)C1. The van der Waals surface area contributed by atoms with Crippen molar-refractivity contribution in [2.45, 2.75) is 18.9 Å². The number of fused-ring (bicyclic) bond motifs is 1. The molecule has 2 aliphatic rings. The van der Waals surface area contributed by atoms with Crippen LogP contribution in [-0.2, 0) is 11.8 Å². The van der Waals surface area contributed by atoms with Gasteiger partial charge < -0.3 is 20.5 Å². The van der Waals surface area contributed by atoms with Crippen molar-refractivity contribution in [3.8, 4) is 0 Å². The maximum absolute atomic E-state index is 12.1. The summed E-state index contributed by atoms with van der Waals surface area (Å²) in [5, 5.41) is 12.2. The average molecular weight is 413 g/mol. The first kappa shape index (κ1) is 18.0. The van der Waals surface area contributed by atoms with E-state index >= 15 is 0 Å². The maximum Gasteiger partial charge on any atom is 0.246 e. The fourth-order valence-corrected chi connectivity index (χ4v) is 4.30. The number of rotatable bonds is 5. The molecule has 2 fully saturated rings. The van der Waals surface area contributed by atoms with Crippen LogP contribution < -0.4 is 10.6 Å². The third-order valence-electron chi connectivity index (χ3n) is 5.78. The minimum Gasteiger partial charge on any atom is -0.364 e. The quantitative estimate of drug-likeness (QED) is 0.556. The van der Waals surface area contributed by atoms with Gasteiger partial charge in [0.25, 0.3) is 0 Å². The Morgan fingerprint density at radius 2 is 2.28 bits per heavy atom. The summed E-state index contributed by atoms with van der Waals surface area (Å²) in [5.74, 6) is 1.05. The van der Waals surface area contributed by atoms with Gasteiger partial charge in [0.05, 0.1) is 28.3 Å². The Kier molecular flexibility index (Phi) is 4.02. The molecule has 1 aliphatic carbocycles. The van der Waals surface area contributed by atoms with Crippen LogP contribution in [0.15, 0.2) is 31.2 Å². The molecule has 3 aromatic rings. The third-order valence-corrected chi connectivity index (χ3v) is 6.08. The van der Waals surface area contributed by atoms with Gasteiger partial charge in [0, 0.05) is 37.9 Å². The molecule has 3 aromatic heterocycles. The Morgan fingerprint density at radius 1 is 1.45 bits per heavy atom. The molecule has 1 unspecified atom stereocenters. The van der Waals surface area contributed by atoms with Crippen LogP contribution in [0.3, 0.4) is 0 Å². The van der Waals surface area contributed by atoms with Crippen molar-refractivity contribution >= 4 is 46.0 Å². The number of aromatic nitrogens is 5. The minimum atomic E-state index is -0.0352. The summed E-state index contributed by atoms with van der Waals surface area (Å²) in [6.07, 6.45) is 8.80. The van der Waals surface area contributed by atoms with E-state index in [1.165, 1.54) is 6.08 Å². The number of carbonyl (C=O) groups excluding carboxylic acids is 1. The number of aryl methyl sites for hydroxylation is 1. The highest BCUT2D eigenvalue weighted by Crippen LogP contribution is 2.54. The normalized spacial score (nSPS) is 19.7. The molecule has 10 heteroatoms. The number of amides is 1. The monoisotopic (exact) mass is 412 g/mol. The number of aromatic amines is 1. The second-order valence-corrected chi connectivity index (χ2v) is 8.17. The lowest BCUT2D eigenvalue weighted by molar-refractivity contribution is -0.125. The maximum atomic E-state index is 12.1. The fourth-order valence-electron chi connectivity index (χ4n) is 4.07. The highest BCUT2D eigenvalue weighted by molar-refractivity contribution is 6.36. The van der Waals surface area contributed by atoms with Crippen LogP contribution in [-0.4, -0.2) is 54.7 Å². The van der Waals surface area contributed by atoms with Gasteiger partial charge >= 0.3 is 0 Å². The Bertz CT molecular complexity index is 1110. The first-order valence-corrected chi connectivity index (χ1v) is 9.83. The van der Waals surface area contributed by atoms with Crippen LogP contribution in [0.25, 0.3) is 11.0 Å². The predicted molar refractivity (Wildman–Crippen MR) is 111 cm³/mol. The van der Waals surface area contributed by atoms with Crippen molar-refractivity contribution in [2.75, 3.05) is 23.7 Å². The number of nitrogens with one attached hydrogen (secondary N) is 3. The number of anilines is 3. The molecule has 4 heterocycles. The number of likely N-dealkylation sites (tertiary alicyclic amines) is 1. The van der Waals surface area contributed by atoms with Gasteiger partial charge in [-0.3, -0.25) is 9.48 Å². The topological polar surface area (TPSA) is 104 Å². The van der Waals surface area contributed by atoms with Gasteiger partial charge in [-0.1, -0.05) is 18.2 Å². The van der Waals surface area contributed by atoms with Gasteiger partial charge in [-0.2, -0.15) is 15.1 Å². The van der Waals surface area contributed by atoms with Crippen LogP contribution in [0.5, 0.6) is 0 Å². The van der Waals surface area contributed by atoms with E-state index in [1.807, 2.05) is 18.1 Å². The smallest absolute Gasteiger partial charge is 0.246 e. The van der Waals surface area contributed by atoms with Crippen molar-refractivity contribution in [3.05, 3.63) is 36.3 Å². The van der Waals surface area contributed by atoms with Crippen molar-refractivity contribution in [3.63, 3.8) is 0 Å². The summed E-state index contributed by atoms with van der Waals surface area (Å²) >= 11 is 6.40. The van der Waals surface area contributed by atoms with Crippen molar-refractivity contribution in [1.82, 2.24) is 29.6 Å². The molecular weight excluding hydrogens is 392 g/mol. The zero-order valence-corrected chi connectivity index (χ0v) is 16.7. The second kappa shape index (κ2) is 6.48. The molecule has 1 aliphatic heterocycles. The Hall–Kier alpha value is -3.07. The molecule has 3 N–H and O–H groups in total.